The number of anilines is 1. The van der Waals surface area contributed by atoms with Gasteiger partial charge in [-0.25, -0.2) is 5.01 Å². The molecule has 0 radical (unpaired) electrons. The van der Waals surface area contributed by atoms with Crippen molar-refractivity contribution >= 4 is 23.4 Å². The van der Waals surface area contributed by atoms with Crippen molar-refractivity contribution in [2.75, 3.05) is 11.6 Å². The standard InChI is InChI=1S/C19H25N3O4.K/c1-2-3-4-5-6-7-11-20-17(24)14-9-8-10-15(12-14)22-19(26)16(13-23)18(25)21-22;/h8-10,12-13,23H,2-7,11H2,1H3,(H,20,24)(H,21,25);/q;+1/p-1/b16-13-;. The number of nitrogens with zero attached hydrogens (tertiary/aromatic N) is 1. The van der Waals surface area contributed by atoms with Crippen LogP contribution in [0.25, 0.3) is 0 Å². The molecule has 27 heavy (non-hydrogen) atoms. The number of benzene rings is 1. The quantitative estimate of drug-likeness (QED) is 0.172. The number of carbonyl (C=O) groups excluding carboxylic acids is 3. The largest absolute Gasteiger partial charge is 1.00 e. The van der Waals surface area contributed by atoms with E-state index < -0.39 is 17.4 Å². The van der Waals surface area contributed by atoms with Crippen molar-refractivity contribution in [3.8, 4) is 0 Å². The normalized spacial score (nSPS) is 14.9. The number of nitrogens with one attached hydrogen (secondary N) is 2. The molecule has 1 heterocycles. The smallest absolute Gasteiger partial charge is 0.877 e. The Morgan fingerprint density at radius 2 is 1.89 bits per heavy atom. The van der Waals surface area contributed by atoms with Gasteiger partial charge in [0.15, 0.2) is 0 Å². The minimum atomic E-state index is -0.747. The van der Waals surface area contributed by atoms with E-state index in [0.717, 1.165) is 17.9 Å². The van der Waals surface area contributed by atoms with Gasteiger partial charge in [0.2, 0.25) is 0 Å². The van der Waals surface area contributed by atoms with Gasteiger partial charge >= 0.3 is 51.4 Å². The van der Waals surface area contributed by atoms with Crippen LogP contribution in [-0.4, -0.2) is 24.3 Å². The van der Waals surface area contributed by atoms with Crippen molar-refractivity contribution in [2.24, 2.45) is 0 Å². The van der Waals surface area contributed by atoms with Crippen LogP contribution in [0.5, 0.6) is 0 Å². The van der Waals surface area contributed by atoms with Gasteiger partial charge in [0, 0.05) is 12.1 Å². The number of amides is 3. The van der Waals surface area contributed by atoms with Gasteiger partial charge in [-0.3, -0.25) is 19.8 Å². The molecule has 1 aromatic carbocycles. The van der Waals surface area contributed by atoms with E-state index in [-0.39, 0.29) is 63.6 Å². The number of hydrazine groups is 1. The molecule has 1 aliphatic heterocycles. The summed E-state index contributed by atoms with van der Waals surface area (Å²) in [5, 5.41) is 14.6. The Labute approximate surface area is 202 Å². The Kier molecular flexibility index (Phi) is 10.9. The second kappa shape index (κ2) is 12.3. The van der Waals surface area contributed by atoms with Crippen LogP contribution in [0.15, 0.2) is 36.1 Å². The molecule has 1 aliphatic rings. The summed E-state index contributed by atoms with van der Waals surface area (Å²) >= 11 is 0. The maximum Gasteiger partial charge on any atom is 1.00 e. The molecule has 0 unspecified atom stereocenters. The minimum Gasteiger partial charge on any atom is -0.877 e. The number of hydrogen-bond donors (Lipinski definition) is 2. The summed E-state index contributed by atoms with van der Waals surface area (Å²) in [4.78, 5) is 35.8. The van der Waals surface area contributed by atoms with Gasteiger partial charge in [0.25, 0.3) is 17.7 Å². The van der Waals surface area contributed by atoms with Crippen LogP contribution in [0.3, 0.4) is 0 Å². The Balaban J connectivity index is 0.00000364. The van der Waals surface area contributed by atoms with Crippen LogP contribution >= 0.6 is 0 Å². The van der Waals surface area contributed by atoms with Crippen molar-refractivity contribution in [3.63, 3.8) is 0 Å². The number of carbonyl (C=O) groups is 3. The second-order valence-corrected chi connectivity index (χ2v) is 6.19. The third-order valence-electron chi connectivity index (χ3n) is 4.19. The predicted octanol–water partition coefficient (Wildman–Crippen LogP) is -1.60. The first-order chi connectivity index (χ1) is 12.6. The van der Waals surface area contributed by atoms with E-state index in [2.05, 4.69) is 17.7 Å². The summed E-state index contributed by atoms with van der Waals surface area (Å²) in [6.45, 7) is 2.77. The van der Waals surface area contributed by atoms with Crippen LogP contribution < -0.4 is 72.2 Å². The Hall–Kier alpha value is -1.19. The molecular formula is C19H24KN3O4. The average Bonchev–Trinajstić information content (AvgIpc) is 2.94. The van der Waals surface area contributed by atoms with Crippen LogP contribution in [0, 0.1) is 0 Å². The molecule has 3 amide bonds. The van der Waals surface area contributed by atoms with Gasteiger partial charge in [-0.2, -0.15) is 0 Å². The molecule has 0 spiro atoms. The fraction of sp³-hybridized carbons (Fsp3) is 0.421. The molecule has 0 atom stereocenters. The van der Waals surface area contributed by atoms with Crippen molar-refractivity contribution in [1.29, 1.82) is 0 Å². The van der Waals surface area contributed by atoms with Crippen molar-refractivity contribution in [1.82, 2.24) is 10.7 Å². The first kappa shape index (κ1) is 23.8. The molecule has 2 N–H and O–H groups in total. The van der Waals surface area contributed by atoms with Crippen LogP contribution in [0.2, 0.25) is 0 Å². The zero-order valence-electron chi connectivity index (χ0n) is 15.9. The third kappa shape index (κ3) is 6.72. The maximum atomic E-state index is 12.3. The zero-order chi connectivity index (χ0) is 18.9. The van der Waals surface area contributed by atoms with Crippen LogP contribution in [0.4, 0.5) is 5.69 Å². The van der Waals surface area contributed by atoms with E-state index in [1.54, 1.807) is 18.2 Å². The third-order valence-corrected chi connectivity index (χ3v) is 4.19. The molecule has 140 valence electrons. The van der Waals surface area contributed by atoms with E-state index in [0.29, 0.717) is 17.8 Å². The van der Waals surface area contributed by atoms with Crippen molar-refractivity contribution in [2.45, 2.75) is 45.4 Å². The van der Waals surface area contributed by atoms with E-state index >= 15 is 0 Å². The first-order valence-corrected chi connectivity index (χ1v) is 8.94. The first-order valence-electron chi connectivity index (χ1n) is 8.94. The summed E-state index contributed by atoms with van der Waals surface area (Å²) < 4.78 is 0. The number of hydrogen-bond acceptors (Lipinski definition) is 4. The van der Waals surface area contributed by atoms with Crippen LogP contribution in [-0.2, 0) is 9.59 Å². The molecule has 0 bridgehead atoms. The van der Waals surface area contributed by atoms with Crippen LogP contribution in [0.1, 0.15) is 55.8 Å². The summed E-state index contributed by atoms with van der Waals surface area (Å²) in [5.74, 6) is -1.71. The van der Waals surface area contributed by atoms with E-state index in [4.69, 9.17) is 0 Å². The van der Waals surface area contributed by atoms with Gasteiger partial charge in [0.1, 0.15) is 0 Å². The molecule has 1 aromatic rings. The molecule has 7 nitrogen and oxygen atoms in total. The molecule has 0 aromatic heterocycles. The summed E-state index contributed by atoms with van der Waals surface area (Å²) in [6.07, 6.45) is 7.09. The van der Waals surface area contributed by atoms with Gasteiger partial charge < -0.3 is 10.4 Å². The molecular weight excluding hydrogens is 373 g/mol. The average molecular weight is 398 g/mol. The summed E-state index contributed by atoms with van der Waals surface area (Å²) in [6, 6.07) is 6.33. The Morgan fingerprint density at radius 3 is 2.56 bits per heavy atom. The van der Waals surface area contributed by atoms with Gasteiger partial charge in [0.05, 0.1) is 11.3 Å². The molecule has 2 rings (SSSR count). The summed E-state index contributed by atoms with van der Waals surface area (Å²) in [7, 11) is 0. The van der Waals surface area contributed by atoms with E-state index in [1.807, 2.05) is 0 Å². The predicted molar refractivity (Wildman–Crippen MR) is 95.9 cm³/mol. The SMILES string of the molecule is CCCCCCCCNC(=O)c1cccc(N2NC(=O)/C(=C/[O-])C2=O)c1.[K+]. The molecule has 0 aliphatic carbocycles. The second-order valence-electron chi connectivity index (χ2n) is 6.19. The number of rotatable bonds is 9. The van der Waals surface area contributed by atoms with Gasteiger partial charge in [-0.1, -0.05) is 45.1 Å². The minimum absolute atomic E-state index is 0. The Morgan fingerprint density at radius 1 is 1.19 bits per heavy atom. The van der Waals surface area contributed by atoms with Gasteiger partial charge in [-0.05, 0) is 24.6 Å². The molecule has 0 saturated carbocycles. The maximum absolute atomic E-state index is 12.3. The van der Waals surface area contributed by atoms with Gasteiger partial charge in [-0.15, -0.1) is 6.26 Å². The molecule has 8 heteroatoms. The van der Waals surface area contributed by atoms with Crippen molar-refractivity contribution in [3.05, 3.63) is 41.7 Å². The monoisotopic (exact) mass is 397 g/mol. The fourth-order valence-electron chi connectivity index (χ4n) is 2.71. The molecule has 1 fully saturated rings. The number of unbranched alkanes of at least 4 members (excludes halogenated alkanes) is 5. The fourth-order valence-corrected chi connectivity index (χ4v) is 2.71. The van der Waals surface area contributed by atoms with Crippen molar-refractivity contribution < 1.29 is 70.9 Å². The van der Waals surface area contributed by atoms with E-state index in [1.165, 1.54) is 31.7 Å². The topological polar surface area (TPSA) is 102 Å². The molecule has 1 saturated heterocycles. The van der Waals surface area contributed by atoms with E-state index in [9.17, 15) is 19.5 Å². The Bertz CT molecular complexity index is 706. The summed E-state index contributed by atoms with van der Waals surface area (Å²) in [5.41, 5.74) is 2.56. The zero-order valence-corrected chi connectivity index (χ0v) is 19.0.